The largest absolute Gasteiger partial charge is 0.431 e. The molecule has 1 aliphatic rings. The zero-order chi connectivity index (χ0) is 23.9. The average Bonchev–Trinajstić information content (AvgIpc) is 3.37. The van der Waals surface area contributed by atoms with Gasteiger partial charge in [-0.05, 0) is 18.4 Å². The molecule has 5 rings (SSSR count). The maximum atomic E-state index is 12.8. The van der Waals surface area contributed by atoms with Gasteiger partial charge >= 0.3 is 0 Å². The Hall–Kier alpha value is -3.35. The number of carbonyl (C=O) groups excluding carboxylic acids is 1. The molecule has 178 valence electrons. The SMILES string of the molecule is O=C(CSc1nc(-c2ccccc2)c(-c2ccccc2)o1)NCC1(c2ccccc2)CCOCC1. The zero-order valence-corrected chi connectivity index (χ0v) is 20.3. The molecule has 0 spiro atoms. The summed E-state index contributed by atoms with van der Waals surface area (Å²) in [7, 11) is 0. The topological polar surface area (TPSA) is 64.4 Å². The average molecular weight is 485 g/mol. The van der Waals surface area contributed by atoms with Crippen LogP contribution in [0.25, 0.3) is 22.6 Å². The van der Waals surface area contributed by atoms with Crippen LogP contribution in [0.4, 0.5) is 0 Å². The van der Waals surface area contributed by atoms with Crippen LogP contribution >= 0.6 is 11.8 Å². The lowest BCUT2D eigenvalue weighted by Gasteiger charge is -2.38. The highest BCUT2D eigenvalue weighted by Crippen LogP contribution is 2.36. The van der Waals surface area contributed by atoms with Gasteiger partial charge in [0, 0.05) is 36.3 Å². The Kier molecular flexibility index (Phi) is 7.31. The van der Waals surface area contributed by atoms with E-state index in [0.29, 0.717) is 30.7 Å². The van der Waals surface area contributed by atoms with Gasteiger partial charge in [-0.1, -0.05) is 103 Å². The number of nitrogens with one attached hydrogen (secondary N) is 1. The Balaban J connectivity index is 1.28. The molecule has 1 N–H and O–H groups in total. The standard InChI is InChI=1S/C29H28N2O3S/c32-25(30-21-29(16-18-33-19-17-29)24-14-8-3-9-15-24)20-35-28-31-26(22-10-4-1-5-11-22)27(34-28)23-12-6-2-7-13-23/h1-15H,16-21H2,(H,30,32). The van der Waals surface area contributed by atoms with Gasteiger partial charge in [0.05, 0.1) is 5.75 Å². The molecule has 0 radical (unpaired) electrons. The molecule has 4 aromatic rings. The highest BCUT2D eigenvalue weighted by atomic mass is 32.2. The molecule has 0 aliphatic carbocycles. The predicted octanol–water partition coefficient (Wildman–Crippen LogP) is 5.97. The first kappa shape index (κ1) is 23.4. The molecule has 35 heavy (non-hydrogen) atoms. The summed E-state index contributed by atoms with van der Waals surface area (Å²) in [5.41, 5.74) is 3.88. The van der Waals surface area contributed by atoms with Crippen LogP contribution < -0.4 is 5.32 Å². The summed E-state index contributed by atoms with van der Waals surface area (Å²) in [6.07, 6.45) is 1.79. The smallest absolute Gasteiger partial charge is 0.257 e. The summed E-state index contributed by atoms with van der Waals surface area (Å²) in [6, 6.07) is 30.4. The fourth-order valence-corrected chi connectivity index (χ4v) is 5.16. The number of carbonyl (C=O) groups is 1. The minimum Gasteiger partial charge on any atom is -0.431 e. The fourth-order valence-electron chi connectivity index (χ4n) is 4.51. The van der Waals surface area contributed by atoms with E-state index < -0.39 is 0 Å². The molecule has 1 aliphatic heterocycles. The highest BCUT2D eigenvalue weighted by Gasteiger charge is 2.34. The number of ether oxygens (including phenoxy) is 1. The third-order valence-corrected chi connectivity index (χ3v) is 7.31. The van der Waals surface area contributed by atoms with Crippen LogP contribution in [-0.2, 0) is 14.9 Å². The van der Waals surface area contributed by atoms with E-state index >= 15 is 0 Å². The van der Waals surface area contributed by atoms with Crippen molar-refractivity contribution in [2.45, 2.75) is 23.5 Å². The molecule has 0 bridgehead atoms. The van der Waals surface area contributed by atoms with Gasteiger partial charge in [-0.25, -0.2) is 4.98 Å². The molecule has 1 saturated heterocycles. The number of hydrogen-bond acceptors (Lipinski definition) is 5. The quantitative estimate of drug-likeness (QED) is 0.312. The van der Waals surface area contributed by atoms with Crippen LogP contribution in [0.5, 0.6) is 0 Å². The number of aromatic nitrogens is 1. The van der Waals surface area contributed by atoms with Crippen molar-refractivity contribution in [3.05, 3.63) is 96.6 Å². The van der Waals surface area contributed by atoms with Gasteiger partial charge in [-0.2, -0.15) is 0 Å². The first-order valence-corrected chi connectivity index (χ1v) is 12.9. The lowest BCUT2D eigenvalue weighted by Crippen LogP contribution is -2.45. The normalized spacial score (nSPS) is 15.0. The molecule has 2 heterocycles. The van der Waals surface area contributed by atoms with Crippen molar-refractivity contribution in [3.63, 3.8) is 0 Å². The monoisotopic (exact) mass is 484 g/mol. The van der Waals surface area contributed by atoms with Crippen molar-refractivity contribution in [1.29, 1.82) is 0 Å². The van der Waals surface area contributed by atoms with E-state index in [4.69, 9.17) is 14.1 Å². The predicted molar refractivity (Wildman–Crippen MR) is 139 cm³/mol. The molecule has 1 fully saturated rings. The third kappa shape index (κ3) is 5.50. The molecule has 1 aromatic heterocycles. The lowest BCUT2D eigenvalue weighted by atomic mass is 9.74. The first-order valence-electron chi connectivity index (χ1n) is 11.9. The molecule has 0 saturated carbocycles. The number of nitrogens with zero attached hydrogens (tertiary/aromatic N) is 1. The summed E-state index contributed by atoms with van der Waals surface area (Å²) < 4.78 is 11.8. The zero-order valence-electron chi connectivity index (χ0n) is 19.5. The number of hydrogen-bond donors (Lipinski definition) is 1. The Morgan fingerprint density at radius 2 is 1.46 bits per heavy atom. The van der Waals surface area contributed by atoms with Crippen molar-refractivity contribution in [2.75, 3.05) is 25.5 Å². The van der Waals surface area contributed by atoms with Crippen LogP contribution in [0, 0.1) is 0 Å². The molecular formula is C29H28N2O3S. The molecule has 6 heteroatoms. The maximum absolute atomic E-state index is 12.8. The number of benzene rings is 3. The van der Waals surface area contributed by atoms with E-state index in [-0.39, 0.29) is 17.1 Å². The fraction of sp³-hybridized carbons (Fsp3) is 0.241. The van der Waals surface area contributed by atoms with Crippen molar-refractivity contribution in [3.8, 4) is 22.6 Å². The lowest BCUT2D eigenvalue weighted by molar-refractivity contribution is -0.119. The molecule has 5 nitrogen and oxygen atoms in total. The van der Waals surface area contributed by atoms with Gasteiger partial charge < -0.3 is 14.5 Å². The van der Waals surface area contributed by atoms with E-state index in [0.717, 1.165) is 29.7 Å². The summed E-state index contributed by atoms with van der Waals surface area (Å²) in [5.74, 6) is 0.923. The van der Waals surface area contributed by atoms with Crippen LogP contribution in [0.2, 0.25) is 0 Å². The molecule has 0 atom stereocenters. The van der Waals surface area contributed by atoms with E-state index in [2.05, 4.69) is 29.6 Å². The Bertz CT molecular complexity index is 1180. The Morgan fingerprint density at radius 3 is 2.11 bits per heavy atom. The molecule has 3 aromatic carbocycles. The minimum absolute atomic E-state index is 0.0301. The second-order valence-electron chi connectivity index (χ2n) is 8.71. The Labute approximate surface area is 209 Å². The maximum Gasteiger partial charge on any atom is 0.257 e. The van der Waals surface area contributed by atoms with E-state index in [1.165, 1.54) is 17.3 Å². The summed E-state index contributed by atoms with van der Waals surface area (Å²) >= 11 is 1.32. The van der Waals surface area contributed by atoms with Crippen molar-refractivity contribution in [2.24, 2.45) is 0 Å². The van der Waals surface area contributed by atoms with Gasteiger partial charge in [0.15, 0.2) is 5.76 Å². The number of rotatable bonds is 8. The molecular weight excluding hydrogens is 456 g/mol. The van der Waals surface area contributed by atoms with Gasteiger partial charge in [0.25, 0.3) is 5.22 Å². The van der Waals surface area contributed by atoms with Crippen molar-refractivity contribution < 1.29 is 13.9 Å². The van der Waals surface area contributed by atoms with Crippen LogP contribution in [0.3, 0.4) is 0 Å². The van der Waals surface area contributed by atoms with E-state index in [9.17, 15) is 4.79 Å². The van der Waals surface area contributed by atoms with Crippen molar-refractivity contribution in [1.82, 2.24) is 10.3 Å². The summed E-state index contributed by atoms with van der Waals surface area (Å²) in [6.45, 7) is 2.01. The van der Waals surface area contributed by atoms with Crippen LogP contribution in [0.1, 0.15) is 18.4 Å². The van der Waals surface area contributed by atoms with Crippen LogP contribution in [-0.4, -0.2) is 36.4 Å². The number of thioether (sulfide) groups is 1. The second-order valence-corrected chi connectivity index (χ2v) is 9.64. The van der Waals surface area contributed by atoms with E-state index in [1.807, 2.05) is 66.7 Å². The third-order valence-electron chi connectivity index (χ3n) is 6.48. The van der Waals surface area contributed by atoms with Gasteiger partial charge in [0.2, 0.25) is 5.91 Å². The minimum atomic E-state index is -0.0935. The number of amides is 1. The summed E-state index contributed by atoms with van der Waals surface area (Å²) in [4.78, 5) is 17.6. The second kappa shape index (κ2) is 10.9. The molecule has 1 amide bonds. The number of oxazole rings is 1. The van der Waals surface area contributed by atoms with Gasteiger partial charge in [-0.3, -0.25) is 4.79 Å². The highest BCUT2D eigenvalue weighted by molar-refractivity contribution is 7.99. The first-order chi connectivity index (χ1) is 17.2. The van der Waals surface area contributed by atoms with Crippen LogP contribution in [0.15, 0.2) is 101 Å². The van der Waals surface area contributed by atoms with Crippen molar-refractivity contribution >= 4 is 17.7 Å². The van der Waals surface area contributed by atoms with Gasteiger partial charge in [-0.15, -0.1) is 0 Å². The Morgan fingerprint density at radius 1 is 0.857 bits per heavy atom. The van der Waals surface area contributed by atoms with E-state index in [1.54, 1.807) is 0 Å². The molecule has 0 unspecified atom stereocenters. The summed E-state index contributed by atoms with van der Waals surface area (Å²) in [5, 5.41) is 3.65. The van der Waals surface area contributed by atoms with Gasteiger partial charge in [0.1, 0.15) is 5.69 Å².